The van der Waals surface area contributed by atoms with Gasteiger partial charge < -0.3 is 16.3 Å². The van der Waals surface area contributed by atoms with Crippen molar-refractivity contribution in [2.24, 2.45) is 5.16 Å². The molecule has 100 valence electrons. The van der Waals surface area contributed by atoms with Crippen LogP contribution in [0.5, 0.6) is 0 Å². The predicted octanol–water partition coefficient (Wildman–Crippen LogP) is 1.94. The molecule has 2 rings (SSSR count). The summed E-state index contributed by atoms with van der Waals surface area (Å²) >= 11 is 2.84. The summed E-state index contributed by atoms with van der Waals surface area (Å²) in [7, 11) is 0. The monoisotopic (exact) mass is 333 g/mol. The van der Waals surface area contributed by atoms with E-state index < -0.39 is 11.6 Å². The van der Waals surface area contributed by atoms with Gasteiger partial charge in [-0.05, 0) is 32.3 Å². The van der Waals surface area contributed by atoms with E-state index >= 15 is 0 Å². The predicted molar refractivity (Wildman–Crippen MR) is 64.7 cm³/mol. The fraction of sp³-hybridized carbons (Fsp3) is 0. The van der Waals surface area contributed by atoms with Crippen molar-refractivity contribution in [2.75, 3.05) is 11.1 Å². The van der Waals surface area contributed by atoms with E-state index in [1.165, 1.54) is 6.07 Å². The molecule has 0 unspecified atom stereocenters. The molecule has 19 heavy (non-hydrogen) atoms. The van der Waals surface area contributed by atoms with Gasteiger partial charge in [0.05, 0.1) is 4.47 Å². The van der Waals surface area contributed by atoms with Crippen molar-refractivity contribution in [3.8, 4) is 0 Å². The quantitative estimate of drug-likeness (QED) is 0.255. The minimum Gasteiger partial charge on any atom is -0.409 e. The number of nitrogens with zero attached hydrogens (tertiary/aromatic N) is 3. The molecule has 4 N–H and O–H groups in total. The Labute approximate surface area is 113 Å². The fourth-order valence-corrected chi connectivity index (χ4v) is 1.69. The topological polar surface area (TPSA) is 110 Å². The molecule has 2 aromatic rings. The summed E-state index contributed by atoms with van der Waals surface area (Å²) in [6.07, 6.45) is 0. The molecule has 10 heteroatoms. The first-order valence-electron chi connectivity index (χ1n) is 4.75. The molecule has 0 aliphatic rings. The van der Waals surface area contributed by atoms with E-state index in [1.54, 1.807) is 0 Å². The second-order valence-electron chi connectivity index (χ2n) is 3.33. The van der Waals surface area contributed by atoms with E-state index in [0.717, 1.165) is 6.07 Å². The van der Waals surface area contributed by atoms with Gasteiger partial charge in [-0.2, -0.15) is 0 Å². The zero-order chi connectivity index (χ0) is 14.0. The maximum absolute atomic E-state index is 13.2. The van der Waals surface area contributed by atoms with Crippen LogP contribution >= 0.6 is 15.9 Å². The Morgan fingerprint density at radius 2 is 2.16 bits per heavy atom. The normalized spacial score (nSPS) is 11.6. The van der Waals surface area contributed by atoms with Gasteiger partial charge in [0.2, 0.25) is 5.84 Å². The zero-order valence-corrected chi connectivity index (χ0v) is 10.6. The van der Waals surface area contributed by atoms with Crippen LogP contribution in [0.15, 0.2) is 26.4 Å². The Bertz CT molecular complexity index is 622. The first kappa shape index (κ1) is 13.2. The lowest BCUT2D eigenvalue weighted by atomic mass is 10.3. The summed E-state index contributed by atoms with van der Waals surface area (Å²) in [5.41, 5.74) is 5.46. The molecule has 0 bridgehead atoms. The van der Waals surface area contributed by atoms with Crippen molar-refractivity contribution >= 4 is 33.3 Å². The Morgan fingerprint density at radius 1 is 1.42 bits per heavy atom. The molecule has 1 aromatic heterocycles. The van der Waals surface area contributed by atoms with Gasteiger partial charge in [-0.1, -0.05) is 5.16 Å². The molecule has 1 heterocycles. The number of anilines is 2. The molecule has 0 fully saturated rings. The average molecular weight is 334 g/mol. The second-order valence-corrected chi connectivity index (χ2v) is 4.18. The van der Waals surface area contributed by atoms with Crippen LogP contribution in [0.1, 0.15) is 5.69 Å². The molecule has 0 aliphatic heterocycles. The van der Waals surface area contributed by atoms with Crippen LogP contribution < -0.4 is 11.1 Å². The van der Waals surface area contributed by atoms with Crippen LogP contribution in [-0.2, 0) is 0 Å². The van der Waals surface area contributed by atoms with Crippen molar-refractivity contribution in [1.82, 2.24) is 10.3 Å². The summed E-state index contributed by atoms with van der Waals surface area (Å²) in [4.78, 5) is 0. The summed E-state index contributed by atoms with van der Waals surface area (Å²) in [5, 5.41) is 21.0. The third-order valence-corrected chi connectivity index (χ3v) is 2.66. The largest absolute Gasteiger partial charge is 0.409 e. The first-order valence-corrected chi connectivity index (χ1v) is 5.54. The van der Waals surface area contributed by atoms with Gasteiger partial charge in [0.25, 0.3) is 0 Å². The summed E-state index contributed by atoms with van der Waals surface area (Å²) in [5.74, 6) is -2.46. The second kappa shape index (κ2) is 5.18. The third kappa shape index (κ3) is 2.62. The highest BCUT2D eigenvalue weighted by molar-refractivity contribution is 9.10. The minimum absolute atomic E-state index is 0.0663. The van der Waals surface area contributed by atoms with E-state index in [-0.39, 0.29) is 27.5 Å². The Hall–Kier alpha value is -2.23. The van der Waals surface area contributed by atoms with Crippen LogP contribution in [-0.4, -0.2) is 21.4 Å². The Balaban J connectivity index is 2.33. The summed E-state index contributed by atoms with van der Waals surface area (Å²) in [6, 6.07) is 2.11. The lowest BCUT2D eigenvalue weighted by Crippen LogP contribution is -2.16. The number of amidine groups is 1. The van der Waals surface area contributed by atoms with E-state index in [4.69, 9.17) is 10.9 Å². The molecule has 0 saturated heterocycles. The number of rotatable bonds is 2. The maximum Gasteiger partial charge on any atom is 0.203 e. The minimum atomic E-state index is -1.08. The number of benzene rings is 1. The van der Waals surface area contributed by atoms with E-state index in [2.05, 4.69) is 41.3 Å². The van der Waals surface area contributed by atoms with E-state index in [9.17, 15) is 8.78 Å². The van der Waals surface area contributed by atoms with Crippen LogP contribution in [0, 0.1) is 11.6 Å². The SMILES string of the molecule is Nc1nonc1/C(=N\O)Nc1cc(F)c(F)c(Br)c1. The number of nitrogens with two attached hydrogens (primary N) is 1. The van der Waals surface area contributed by atoms with Gasteiger partial charge in [0, 0.05) is 11.8 Å². The van der Waals surface area contributed by atoms with Gasteiger partial charge >= 0.3 is 0 Å². The van der Waals surface area contributed by atoms with E-state index in [0.29, 0.717) is 0 Å². The van der Waals surface area contributed by atoms with Gasteiger partial charge in [0.1, 0.15) is 0 Å². The standard InChI is InChI=1S/C9H6BrF2N5O2/c10-4-1-3(2-5(11)6(4)12)14-9(15-18)7-8(13)17-19-16-7/h1-2,18H,(H2,13,17)(H,14,15). The first-order chi connectivity index (χ1) is 9.02. The van der Waals surface area contributed by atoms with Crippen LogP contribution in [0.25, 0.3) is 0 Å². The van der Waals surface area contributed by atoms with Crippen molar-refractivity contribution in [3.05, 3.63) is 33.9 Å². The summed E-state index contributed by atoms with van der Waals surface area (Å²) < 4.78 is 30.5. The number of oxime groups is 1. The van der Waals surface area contributed by atoms with Gasteiger partial charge in [-0.15, -0.1) is 0 Å². The van der Waals surface area contributed by atoms with Crippen molar-refractivity contribution in [3.63, 3.8) is 0 Å². The van der Waals surface area contributed by atoms with Crippen LogP contribution in [0.3, 0.4) is 0 Å². The molecule has 1 aromatic carbocycles. The number of hydrogen-bond acceptors (Lipinski definition) is 6. The number of aromatic nitrogens is 2. The highest BCUT2D eigenvalue weighted by Gasteiger charge is 2.16. The van der Waals surface area contributed by atoms with Gasteiger partial charge in [-0.3, -0.25) is 0 Å². The molecule has 0 amide bonds. The molecule has 0 spiro atoms. The molecule has 0 atom stereocenters. The lowest BCUT2D eigenvalue weighted by Gasteiger charge is -2.07. The fourth-order valence-electron chi connectivity index (χ4n) is 1.26. The van der Waals surface area contributed by atoms with E-state index in [1.807, 2.05) is 0 Å². The molecule has 0 radical (unpaired) electrons. The molecule has 7 nitrogen and oxygen atoms in total. The molecule has 0 aliphatic carbocycles. The van der Waals surface area contributed by atoms with Gasteiger partial charge in [0.15, 0.2) is 23.1 Å². The molecular formula is C9H6BrF2N5O2. The highest BCUT2D eigenvalue weighted by atomic mass is 79.9. The number of nitrogen functional groups attached to an aromatic ring is 1. The van der Waals surface area contributed by atoms with Crippen molar-refractivity contribution in [2.45, 2.75) is 0 Å². The Kier molecular flexibility index (Phi) is 3.60. The smallest absolute Gasteiger partial charge is 0.203 e. The molecular weight excluding hydrogens is 328 g/mol. The van der Waals surface area contributed by atoms with Crippen LogP contribution in [0.4, 0.5) is 20.3 Å². The molecule has 0 saturated carbocycles. The van der Waals surface area contributed by atoms with Gasteiger partial charge in [-0.25, -0.2) is 13.4 Å². The zero-order valence-electron chi connectivity index (χ0n) is 9.06. The van der Waals surface area contributed by atoms with Crippen molar-refractivity contribution in [1.29, 1.82) is 0 Å². The Morgan fingerprint density at radius 3 is 2.68 bits per heavy atom. The van der Waals surface area contributed by atoms with Crippen LogP contribution in [0.2, 0.25) is 0 Å². The average Bonchev–Trinajstić information content (AvgIpc) is 2.79. The lowest BCUT2D eigenvalue weighted by molar-refractivity contribution is 0.305. The van der Waals surface area contributed by atoms with Crippen molar-refractivity contribution < 1.29 is 18.6 Å². The number of hydrogen-bond donors (Lipinski definition) is 3. The number of halogens is 3. The third-order valence-electron chi connectivity index (χ3n) is 2.08. The maximum atomic E-state index is 13.2. The highest BCUT2D eigenvalue weighted by Crippen LogP contribution is 2.24. The number of nitrogens with one attached hydrogen (secondary N) is 1. The summed E-state index contributed by atoms with van der Waals surface area (Å²) in [6.45, 7) is 0.